The van der Waals surface area contributed by atoms with Crippen molar-refractivity contribution in [1.29, 1.82) is 0 Å². The molecule has 1 saturated carbocycles. The van der Waals surface area contributed by atoms with E-state index in [1.807, 2.05) is 4.57 Å². The Balaban J connectivity index is 2.02. The molecule has 5 heteroatoms. The van der Waals surface area contributed by atoms with E-state index in [0.717, 1.165) is 6.42 Å². The summed E-state index contributed by atoms with van der Waals surface area (Å²) in [5, 5.41) is 3.20. The van der Waals surface area contributed by atoms with Crippen molar-refractivity contribution in [2.45, 2.75) is 59.0 Å². The molecule has 118 valence electrons. The Morgan fingerprint density at radius 1 is 1.43 bits per heavy atom. The molecule has 1 aromatic rings. The number of hydrogen-bond donors (Lipinski definition) is 2. The first-order valence-corrected chi connectivity index (χ1v) is 7.94. The van der Waals surface area contributed by atoms with E-state index in [-0.39, 0.29) is 17.4 Å². The number of hydrogen-bond acceptors (Lipinski definition) is 3. The molecule has 0 aromatic carbocycles. The van der Waals surface area contributed by atoms with Crippen LogP contribution >= 0.6 is 0 Å². The molecule has 1 aliphatic rings. The van der Waals surface area contributed by atoms with Gasteiger partial charge in [0.15, 0.2) is 0 Å². The SMILES string of the molecule is CC(C)(C)C1CCCCC1NC(=O)c1cn(CCN)cn1. The molecule has 1 aromatic heterocycles. The Morgan fingerprint density at radius 2 is 2.14 bits per heavy atom. The van der Waals surface area contributed by atoms with Gasteiger partial charge in [0.05, 0.1) is 6.33 Å². The minimum absolute atomic E-state index is 0.0630. The minimum Gasteiger partial charge on any atom is -0.348 e. The molecule has 1 aliphatic carbocycles. The van der Waals surface area contributed by atoms with Crippen molar-refractivity contribution in [3.05, 3.63) is 18.2 Å². The van der Waals surface area contributed by atoms with Gasteiger partial charge < -0.3 is 15.6 Å². The summed E-state index contributed by atoms with van der Waals surface area (Å²) in [6.45, 7) is 8.02. The first-order chi connectivity index (χ1) is 9.91. The summed E-state index contributed by atoms with van der Waals surface area (Å²) in [5.74, 6) is 0.466. The lowest BCUT2D eigenvalue weighted by Gasteiger charge is -2.40. The van der Waals surface area contributed by atoms with Crippen LogP contribution in [0.4, 0.5) is 0 Å². The number of carbonyl (C=O) groups excluding carboxylic acids is 1. The predicted molar refractivity (Wildman–Crippen MR) is 83.9 cm³/mol. The molecule has 5 nitrogen and oxygen atoms in total. The van der Waals surface area contributed by atoms with Crippen molar-refractivity contribution < 1.29 is 4.79 Å². The topological polar surface area (TPSA) is 72.9 Å². The van der Waals surface area contributed by atoms with Crippen molar-refractivity contribution in [3.8, 4) is 0 Å². The third-order valence-electron chi connectivity index (χ3n) is 4.45. The van der Waals surface area contributed by atoms with Crippen LogP contribution in [0, 0.1) is 11.3 Å². The molecule has 1 heterocycles. The fourth-order valence-corrected chi connectivity index (χ4v) is 3.33. The third kappa shape index (κ3) is 4.06. The number of aromatic nitrogens is 2. The van der Waals surface area contributed by atoms with Gasteiger partial charge in [-0.3, -0.25) is 4.79 Å². The summed E-state index contributed by atoms with van der Waals surface area (Å²) >= 11 is 0. The van der Waals surface area contributed by atoms with E-state index in [1.165, 1.54) is 19.3 Å². The van der Waals surface area contributed by atoms with Crippen LogP contribution < -0.4 is 11.1 Å². The molecule has 1 fully saturated rings. The average molecular weight is 292 g/mol. The Bertz CT molecular complexity index is 475. The third-order valence-corrected chi connectivity index (χ3v) is 4.45. The summed E-state index contributed by atoms with van der Waals surface area (Å²) < 4.78 is 1.86. The largest absolute Gasteiger partial charge is 0.348 e. The van der Waals surface area contributed by atoms with E-state index in [9.17, 15) is 4.79 Å². The van der Waals surface area contributed by atoms with E-state index in [4.69, 9.17) is 5.73 Å². The highest BCUT2D eigenvalue weighted by molar-refractivity contribution is 5.92. The maximum absolute atomic E-state index is 12.4. The lowest BCUT2D eigenvalue weighted by atomic mass is 9.69. The zero-order chi connectivity index (χ0) is 15.5. The van der Waals surface area contributed by atoms with Crippen LogP contribution in [0.5, 0.6) is 0 Å². The van der Waals surface area contributed by atoms with Gasteiger partial charge in [-0.25, -0.2) is 4.98 Å². The Labute approximate surface area is 127 Å². The fraction of sp³-hybridized carbons (Fsp3) is 0.750. The summed E-state index contributed by atoms with van der Waals surface area (Å²) in [6, 6.07) is 0.255. The molecule has 0 spiro atoms. The molecule has 0 radical (unpaired) electrons. The number of rotatable bonds is 4. The van der Waals surface area contributed by atoms with Gasteiger partial charge in [0.1, 0.15) is 5.69 Å². The average Bonchev–Trinajstić information content (AvgIpc) is 2.87. The van der Waals surface area contributed by atoms with Crippen LogP contribution in [-0.4, -0.2) is 28.0 Å². The highest BCUT2D eigenvalue weighted by atomic mass is 16.2. The van der Waals surface area contributed by atoms with Gasteiger partial charge in [-0.2, -0.15) is 0 Å². The van der Waals surface area contributed by atoms with Crippen LogP contribution in [0.1, 0.15) is 56.9 Å². The fourth-order valence-electron chi connectivity index (χ4n) is 3.33. The van der Waals surface area contributed by atoms with Gasteiger partial charge in [-0.1, -0.05) is 33.6 Å². The summed E-state index contributed by atoms with van der Waals surface area (Å²) in [4.78, 5) is 16.6. The van der Waals surface area contributed by atoms with Crippen molar-refractivity contribution in [2.24, 2.45) is 17.1 Å². The number of carbonyl (C=O) groups is 1. The summed E-state index contributed by atoms with van der Waals surface area (Å²) in [6.07, 6.45) is 8.16. The second-order valence-electron chi connectivity index (χ2n) is 7.12. The second-order valence-corrected chi connectivity index (χ2v) is 7.12. The standard InChI is InChI=1S/C16H28N4O/c1-16(2,3)12-6-4-5-7-13(12)19-15(21)14-10-20(9-8-17)11-18-14/h10-13H,4-9,17H2,1-3H3,(H,19,21). The molecule has 2 rings (SSSR count). The molecule has 0 saturated heterocycles. The maximum atomic E-state index is 12.4. The first-order valence-electron chi connectivity index (χ1n) is 7.94. The van der Waals surface area contributed by atoms with E-state index in [0.29, 0.717) is 24.7 Å². The highest BCUT2D eigenvalue weighted by Crippen LogP contribution is 2.38. The molecule has 2 unspecified atom stereocenters. The lowest BCUT2D eigenvalue weighted by molar-refractivity contribution is 0.0825. The van der Waals surface area contributed by atoms with Crippen LogP contribution in [0.2, 0.25) is 0 Å². The van der Waals surface area contributed by atoms with Crippen molar-refractivity contribution >= 4 is 5.91 Å². The predicted octanol–water partition coefficient (Wildman–Crippen LogP) is 2.18. The first kappa shape index (κ1) is 16.0. The summed E-state index contributed by atoms with van der Waals surface area (Å²) in [5.41, 5.74) is 6.22. The molecule has 1 amide bonds. The van der Waals surface area contributed by atoms with E-state index < -0.39 is 0 Å². The Kier molecular flexibility index (Phi) is 5.04. The lowest BCUT2D eigenvalue weighted by Crippen LogP contribution is -2.46. The second kappa shape index (κ2) is 6.60. The quantitative estimate of drug-likeness (QED) is 0.893. The number of nitrogens with two attached hydrogens (primary N) is 1. The molecule has 21 heavy (non-hydrogen) atoms. The smallest absolute Gasteiger partial charge is 0.271 e. The molecular formula is C16H28N4O. The monoisotopic (exact) mass is 292 g/mol. The molecule has 3 N–H and O–H groups in total. The van der Waals surface area contributed by atoms with Gasteiger partial charge in [-0.05, 0) is 24.2 Å². The van der Waals surface area contributed by atoms with E-state index in [2.05, 4.69) is 31.1 Å². The van der Waals surface area contributed by atoms with Crippen LogP contribution in [-0.2, 0) is 6.54 Å². The number of amides is 1. The molecule has 2 atom stereocenters. The van der Waals surface area contributed by atoms with E-state index in [1.54, 1.807) is 12.5 Å². The minimum atomic E-state index is -0.0630. The van der Waals surface area contributed by atoms with Crippen LogP contribution in [0.3, 0.4) is 0 Å². The zero-order valence-electron chi connectivity index (χ0n) is 13.4. The number of nitrogens with zero attached hydrogens (tertiary/aromatic N) is 2. The highest BCUT2D eigenvalue weighted by Gasteiger charge is 2.35. The van der Waals surface area contributed by atoms with Gasteiger partial charge >= 0.3 is 0 Å². The molecule has 0 bridgehead atoms. The maximum Gasteiger partial charge on any atom is 0.271 e. The molecular weight excluding hydrogens is 264 g/mol. The van der Waals surface area contributed by atoms with Crippen molar-refractivity contribution in [2.75, 3.05) is 6.54 Å². The number of imidazole rings is 1. The Morgan fingerprint density at radius 3 is 2.81 bits per heavy atom. The molecule has 0 aliphatic heterocycles. The van der Waals surface area contributed by atoms with Crippen LogP contribution in [0.15, 0.2) is 12.5 Å². The van der Waals surface area contributed by atoms with Gasteiger partial charge in [0.25, 0.3) is 5.91 Å². The van der Waals surface area contributed by atoms with Crippen molar-refractivity contribution in [3.63, 3.8) is 0 Å². The van der Waals surface area contributed by atoms with Gasteiger partial charge in [0, 0.05) is 25.3 Å². The van der Waals surface area contributed by atoms with Crippen LogP contribution in [0.25, 0.3) is 0 Å². The summed E-state index contributed by atoms with van der Waals surface area (Å²) in [7, 11) is 0. The Hall–Kier alpha value is -1.36. The van der Waals surface area contributed by atoms with Gasteiger partial charge in [0.2, 0.25) is 0 Å². The zero-order valence-corrected chi connectivity index (χ0v) is 13.4. The van der Waals surface area contributed by atoms with Gasteiger partial charge in [-0.15, -0.1) is 0 Å². The number of nitrogens with one attached hydrogen (secondary N) is 1. The normalized spacial score (nSPS) is 23.0. The van der Waals surface area contributed by atoms with E-state index >= 15 is 0 Å². The van der Waals surface area contributed by atoms with Crippen molar-refractivity contribution in [1.82, 2.24) is 14.9 Å².